The third-order valence-corrected chi connectivity index (χ3v) is 6.58. The number of benzene rings is 2. The minimum absolute atomic E-state index is 0.360. The number of hydrogen-bond acceptors (Lipinski definition) is 6. The van der Waals surface area contributed by atoms with Crippen LogP contribution in [0.3, 0.4) is 0 Å². The van der Waals surface area contributed by atoms with E-state index in [1.165, 1.54) is 5.56 Å². The Bertz CT molecular complexity index is 1360. The highest BCUT2D eigenvalue weighted by Gasteiger charge is 2.15. The van der Waals surface area contributed by atoms with E-state index in [1.807, 2.05) is 12.2 Å². The van der Waals surface area contributed by atoms with Gasteiger partial charge in [-0.3, -0.25) is 15.8 Å². The van der Waals surface area contributed by atoms with Crippen LogP contribution in [0.25, 0.3) is 22.4 Å². The van der Waals surface area contributed by atoms with E-state index in [2.05, 4.69) is 107 Å². The number of nitrogens with zero attached hydrogens (tertiary/aromatic N) is 3. The number of likely N-dealkylation sites (N-methyl/N-ethyl adjacent to an activating group) is 1. The lowest BCUT2D eigenvalue weighted by molar-refractivity contribution is 0.148. The van der Waals surface area contributed by atoms with Gasteiger partial charge in [0.25, 0.3) is 0 Å². The number of allylic oxidation sites excluding steroid dienone is 3. The number of nitrogens with one attached hydrogen (secondary N) is 4. The van der Waals surface area contributed by atoms with Gasteiger partial charge < -0.3 is 15.2 Å². The van der Waals surface area contributed by atoms with Crippen LogP contribution in [0.5, 0.6) is 0 Å². The van der Waals surface area contributed by atoms with Gasteiger partial charge in [-0.25, -0.2) is 4.98 Å². The molecule has 2 aliphatic heterocycles. The number of rotatable bonds is 5. The summed E-state index contributed by atoms with van der Waals surface area (Å²) in [4.78, 5) is 13.3. The number of aromatic amines is 1. The lowest BCUT2D eigenvalue weighted by Gasteiger charge is -2.32. The van der Waals surface area contributed by atoms with E-state index in [0.29, 0.717) is 6.04 Å². The highest BCUT2D eigenvalue weighted by atomic mass is 15.4. The summed E-state index contributed by atoms with van der Waals surface area (Å²) < 4.78 is 0. The minimum Gasteiger partial charge on any atom is -0.368 e. The average Bonchev–Trinajstić information content (AvgIpc) is 3.29. The molecule has 0 aliphatic carbocycles. The lowest BCUT2D eigenvalue weighted by atomic mass is 10.0. The van der Waals surface area contributed by atoms with Crippen molar-refractivity contribution >= 4 is 11.0 Å². The third kappa shape index (κ3) is 5.73. The predicted molar refractivity (Wildman–Crippen MR) is 147 cm³/mol. The second kappa shape index (κ2) is 10.5. The highest BCUT2D eigenvalue weighted by Crippen LogP contribution is 2.24. The van der Waals surface area contributed by atoms with Gasteiger partial charge in [0.1, 0.15) is 17.3 Å². The first-order chi connectivity index (χ1) is 17.4. The van der Waals surface area contributed by atoms with Crippen LogP contribution >= 0.6 is 0 Å². The Hall–Kier alpha value is -3.73. The molecule has 0 saturated carbocycles. The Balaban J connectivity index is 1.33. The van der Waals surface area contributed by atoms with E-state index in [-0.39, 0.29) is 0 Å². The second-order valence-electron chi connectivity index (χ2n) is 10.0. The van der Waals surface area contributed by atoms with Crippen LogP contribution in [-0.4, -0.2) is 59.0 Å². The monoisotopic (exact) mass is 481 g/mol. The van der Waals surface area contributed by atoms with E-state index in [0.717, 1.165) is 77.8 Å². The minimum atomic E-state index is 0.360. The van der Waals surface area contributed by atoms with E-state index < -0.39 is 0 Å². The molecule has 2 aromatic carbocycles. The van der Waals surface area contributed by atoms with Gasteiger partial charge in [-0.05, 0) is 75.2 Å². The molecular formula is C29H35N7. The van der Waals surface area contributed by atoms with Crippen molar-refractivity contribution < 1.29 is 0 Å². The fraction of sp³-hybridized carbons (Fsp3) is 0.345. The van der Waals surface area contributed by atoms with E-state index in [1.54, 1.807) is 0 Å². The predicted octanol–water partition coefficient (Wildman–Crippen LogP) is 3.47. The molecule has 3 aromatic rings. The molecule has 1 aromatic heterocycles. The third-order valence-electron chi connectivity index (χ3n) is 6.58. The van der Waals surface area contributed by atoms with Gasteiger partial charge >= 0.3 is 0 Å². The van der Waals surface area contributed by atoms with Crippen molar-refractivity contribution in [3.63, 3.8) is 0 Å². The zero-order valence-corrected chi connectivity index (χ0v) is 21.6. The van der Waals surface area contributed by atoms with E-state index in [4.69, 9.17) is 4.98 Å². The van der Waals surface area contributed by atoms with Crippen molar-refractivity contribution in [2.75, 3.05) is 33.2 Å². The molecule has 2 aliphatic rings. The SMILES string of the molecule is Cc1ccc(-c2nc3ccc(CN4CCN(C)CC4)cc3[nH]2)cc1C#CC1=CC=C(NC(C)C)NN1. The lowest BCUT2D eigenvalue weighted by Crippen LogP contribution is -2.43. The fourth-order valence-corrected chi connectivity index (χ4v) is 4.45. The van der Waals surface area contributed by atoms with Crippen LogP contribution in [-0.2, 0) is 6.54 Å². The van der Waals surface area contributed by atoms with Crippen molar-refractivity contribution in [2.45, 2.75) is 33.4 Å². The normalized spacial score (nSPS) is 16.6. The largest absolute Gasteiger partial charge is 0.368 e. The van der Waals surface area contributed by atoms with Gasteiger partial charge in [0.2, 0.25) is 0 Å². The molecule has 0 bridgehead atoms. The van der Waals surface area contributed by atoms with Gasteiger partial charge in [-0.2, -0.15) is 0 Å². The van der Waals surface area contributed by atoms with Crippen molar-refractivity contribution in [2.24, 2.45) is 0 Å². The molecule has 7 nitrogen and oxygen atoms in total. The standard InChI is InChI=1S/C29H35N7/c1-20(2)30-28-12-10-25(33-34-28)9-8-23-18-24(7-5-21(23)3)29-31-26-11-6-22(17-27(26)32-29)19-36-15-13-35(4)14-16-36/h5-7,10-12,17-18,20,30,33-34H,13-16,19H2,1-4H3,(H,31,32). The number of piperazine rings is 1. The Morgan fingerprint density at radius 2 is 1.83 bits per heavy atom. The maximum atomic E-state index is 4.86. The summed E-state index contributed by atoms with van der Waals surface area (Å²) in [5.74, 6) is 8.36. The first kappa shape index (κ1) is 24.0. The van der Waals surface area contributed by atoms with Crippen molar-refractivity contribution in [3.05, 3.63) is 76.8 Å². The number of imidazole rings is 1. The number of hydrogen-bond donors (Lipinski definition) is 4. The van der Waals surface area contributed by atoms with Crippen LogP contribution in [0.2, 0.25) is 0 Å². The molecule has 3 heterocycles. The smallest absolute Gasteiger partial charge is 0.138 e. The summed E-state index contributed by atoms with van der Waals surface area (Å²) in [6.07, 6.45) is 3.97. The van der Waals surface area contributed by atoms with Crippen molar-refractivity contribution in [1.29, 1.82) is 0 Å². The number of hydrazine groups is 1. The van der Waals surface area contributed by atoms with E-state index in [9.17, 15) is 0 Å². The average molecular weight is 482 g/mol. The number of H-pyrrole nitrogens is 1. The molecule has 0 unspecified atom stereocenters. The maximum absolute atomic E-state index is 4.86. The number of aryl methyl sites for hydroxylation is 1. The van der Waals surface area contributed by atoms with Crippen LogP contribution in [0, 0.1) is 18.8 Å². The summed E-state index contributed by atoms with van der Waals surface area (Å²) in [6, 6.07) is 13.3. The molecule has 4 N–H and O–H groups in total. The van der Waals surface area contributed by atoms with Gasteiger partial charge in [0.15, 0.2) is 0 Å². The van der Waals surface area contributed by atoms with Crippen LogP contribution in [0.4, 0.5) is 0 Å². The molecule has 7 heteroatoms. The summed E-state index contributed by atoms with van der Waals surface area (Å²) in [6.45, 7) is 11.8. The Kier molecular flexibility index (Phi) is 6.99. The van der Waals surface area contributed by atoms with Crippen molar-refractivity contribution in [3.8, 4) is 23.2 Å². The molecule has 5 rings (SSSR count). The Labute approximate surface area is 213 Å². The topological polar surface area (TPSA) is 71.2 Å². The molecular weight excluding hydrogens is 446 g/mol. The summed E-state index contributed by atoms with van der Waals surface area (Å²) >= 11 is 0. The Morgan fingerprint density at radius 3 is 2.58 bits per heavy atom. The first-order valence-corrected chi connectivity index (χ1v) is 12.7. The quantitative estimate of drug-likeness (QED) is 0.419. The zero-order valence-electron chi connectivity index (χ0n) is 21.6. The number of fused-ring (bicyclic) bond motifs is 1. The van der Waals surface area contributed by atoms with Gasteiger partial charge in [-0.15, -0.1) is 0 Å². The summed E-state index contributed by atoms with van der Waals surface area (Å²) in [5.41, 5.74) is 13.7. The zero-order chi connectivity index (χ0) is 25.1. The molecule has 1 saturated heterocycles. The van der Waals surface area contributed by atoms with E-state index >= 15 is 0 Å². The molecule has 0 atom stereocenters. The Morgan fingerprint density at radius 1 is 1.00 bits per heavy atom. The first-order valence-electron chi connectivity index (χ1n) is 12.7. The van der Waals surface area contributed by atoms with Crippen LogP contribution in [0.15, 0.2) is 60.1 Å². The van der Waals surface area contributed by atoms with Gasteiger partial charge in [0.05, 0.1) is 11.0 Å². The molecule has 0 radical (unpaired) electrons. The van der Waals surface area contributed by atoms with Crippen molar-refractivity contribution in [1.82, 2.24) is 35.9 Å². The van der Waals surface area contributed by atoms with Crippen LogP contribution < -0.4 is 16.2 Å². The maximum Gasteiger partial charge on any atom is 0.138 e. The molecule has 186 valence electrons. The number of aromatic nitrogens is 2. The molecule has 36 heavy (non-hydrogen) atoms. The van der Waals surface area contributed by atoms with Gasteiger partial charge in [-0.1, -0.05) is 24.1 Å². The molecule has 0 spiro atoms. The second-order valence-corrected chi connectivity index (χ2v) is 10.0. The molecule has 1 fully saturated rings. The van der Waals surface area contributed by atoms with Crippen LogP contribution in [0.1, 0.15) is 30.5 Å². The summed E-state index contributed by atoms with van der Waals surface area (Å²) in [7, 11) is 2.19. The molecule has 0 amide bonds. The highest BCUT2D eigenvalue weighted by molar-refractivity contribution is 5.80. The van der Waals surface area contributed by atoms with Gasteiger partial charge in [0, 0.05) is 49.9 Å². The summed E-state index contributed by atoms with van der Waals surface area (Å²) in [5, 5.41) is 3.33. The fourth-order valence-electron chi connectivity index (χ4n) is 4.45.